The zero-order valence-corrected chi connectivity index (χ0v) is 11.1. The van der Waals surface area contributed by atoms with Crippen LogP contribution >= 0.6 is 11.8 Å². The zero-order chi connectivity index (χ0) is 13.5. The lowest BCUT2D eigenvalue weighted by Crippen LogP contribution is -2.23. The highest BCUT2D eigenvalue weighted by atomic mass is 32.2. The Labute approximate surface area is 110 Å². The van der Waals surface area contributed by atoms with E-state index in [2.05, 4.69) is 0 Å². The topological polar surface area (TPSA) is 66.8 Å². The summed E-state index contributed by atoms with van der Waals surface area (Å²) >= 11 is 1.62. The largest absolute Gasteiger partial charge is 0.478 e. The van der Waals surface area contributed by atoms with E-state index in [0.29, 0.717) is 5.75 Å². The van der Waals surface area contributed by atoms with Gasteiger partial charge < -0.3 is 14.9 Å². The molecule has 0 aliphatic rings. The van der Waals surface area contributed by atoms with Crippen LogP contribution in [0.3, 0.4) is 0 Å². The minimum Gasteiger partial charge on any atom is -0.478 e. The maximum Gasteiger partial charge on any atom is 0.327 e. The fraction of sp³-hybridized carbons (Fsp3) is 0.308. The molecule has 0 bridgehead atoms. The van der Waals surface area contributed by atoms with Crippen molar-refractivity contribution in [3.63, 3.8) is 0 Å². The first-order valence-electron chi connectivity index (χ1n) is 5.43. The van der Waals surface area contributed by atoms with Gasteiger partial charge in [0.1, 0.15) is 5.75 Å². The number of aliphatic carboxylic acids is 1. The summed E-state index contributed by atoms with van der Waals surface area (Å²) in [6.07, 6.45) is 3.29. The molecule has 2 unspecified atom stereocenters. The van der Waals surface area contributed by atoms with Crippen LogP contribution in [-0.4, -0.2) is 28.7 Å². The molecular formula is C13H16O4S. The minimum absolute atomic E-state index is 0.402. The highest BCUT2D eigenvalue weighted by molar-refractivity contribution is 7.98. The molecule has 0 radical (unpaired) electrons. The zero-order valence-electron chi connectivity index (χ0n) is 10.2. The van der Waals surface area contributed by atoms with Crippen LogP contribution in [-0.2, 0) is 4.79 Å². The van der Waals surface area contributed by atoms with Gasteiger partial charge in [0.05, 0.1) is 0 Å². The van der Waals surface area contributed by atoms with Crippen LogP contribution < -0.4 is 4.74 Å². The van der Waals surface area contributed by atoms with Crippen molar-refractivity contribution >= 4 is 17.7 Å². The third-order valence-electron chi connectivity index (χ3n) is 2.31. The first-order valence-corrected chi connectivity index (χ1v) is 6.65. The van der Waals surface area contributed by atoms with E-state index < -0.39 is 18.2 Å². The van der Waals surface area contributed by atoms with Crippen molar-refractivity contribution < 1.29 is 19.7 Å². The molecule has 0 heterocycles. The number of hydrogen-bond acceptors (Lipinski definition) is 4. The molecule has 0 fully saturated rings. The van der Waals surface area contributed by atoms with E-state index in [1.54, 1.807) is 30.8 Å². The van der Waals surface area contributed by atoms with Gasteiger partial charge in [-0.25, -0.2) is 4.79 Å². The Morgan fingerprint density at radius 3 is 2.50 bits per heavy atom. The summed E-state index contributed by atoms with van der Waals surface area (Å²) in [6.45, 7) is 1.68. The first-order chi connectivity index (χ1) is 8.52. The molecule has 1 rings (SSSR count). The molecule has 4 nitrogen and oxygen atoms in total. The summed E-state index contributed by atoms with van der Waals surface area (Å²) in [5, 5.41) is 18.2. The van der Waals surface area contributed by atoms with Gasteiger partial charge in [-0.15, -0.1) is 11.8 Å². The maximum atomic E-state index is 10.3. The maximum absolute atomic E-state index is 10.3. The van der Waals surface area contributed by atoms with E-state index in [4.69, 9.17) is 9.84 Å². The van der Waals surface area contributed by atoms with Crippen molar-refractivity contribution in [1.29, 1.82) is 0 Å². The van der Waals surface area contributed by atoms with Crippen molar-refractivity contribution in [2.24, 2.45) is 5.92 Å². The van der Waals surface area contributed by atoms with Crippen molar-refractivity contribution in [3.8, 4) is 5.75 Å². The predicted molar refractivity (Wildman–Crippen MR) is 70.8 cm³/mol. The average Bonchev–Trinajstić information content (AvgIpc) is 2.36. The van der Waals surface area contributed by atoms with Crippen LogP contribution in [0.1, 0.15) is 6.92 Å². The second kappa shape index (κ2) is 7.08. The molecule has 2 atom stereocenters. The molecule has 1 aromatic carbocycles. The Balaban J connectivity index is 2.57. The van der Waals surface area contributed by atoms with E-state index >= 15 is 0 Å². The van der Waals surface area contributed by atoms with Gasteiger partial charge in [-0.3, -0.25) is 0 Å². The monoisotopic (exact) mass is 268 g/mol. The lowest BCUT2D eigenvalue weighted by atomic mass is 10.1. The molecule has 0 aliphatic carbocycles. The molecule has 0 amide bonds. The van der Waals surface area contributed by atoms with E-state index in [1.165, 1.54) is 6.08 Å². The number of benzene rings is 1. The summed E-state index contributed by atoms with van der Waals surface area (Å²) in [6, 6.07) is 7.32. The highest BCUT2D eigenvalue weighted by Gasteiger charge is 2.13. The van der Waals surface area contributed by atoms with E-state index in [0.717, 1.165) is 11.0 Å². The van der Waals surface area contributed by atoms with Gasteiger partial charge in [0.15, 0.2) is 0 Å². The molecule has 2 N–H and O–H groups in total. The predicted octanol–water partition coefficient (Wildman–Crippen LogP) is 2.38. The molecule has 0 aromatic heterocycles. The Morgan fingerprint density at radius 1 is 1.39 bits per heavy atom. The van der Waals surface area contributed by atoms with Crippen LogP contribution in [0.5, 0.6) is 5.75 Å². The lowest BCUT2D eigenvalue weighted by Gasteiger charge is -2.17. The van der Waals surface area contributed by atoms with Gasteiger partial charge in [-0.05, 0) is 30.5 Å². The van der Waals surface area contributed by atoms with Gasteiger partial charge in [0.2, 0.25) is 6.29 Å². The summed E-state index contributed by atoms with van der Waals surface area (Å²) in [5.74, 6) is -0.893. The SMILES string of the molecule is CSc1ccc(OC(O)C(C)C=CC(=O)O)cc1. The number of hydrogen-bond donors (Lipinski definition) is 2. The molecule has 0 spiro atoms. The van der Waals surface area contributed by atoms with Gasteiger partial charge in [-0.1, -0.05) is 13.0 Å². The number of carboxylic acid groups (broad SMARTS) is 1. The number of ether oxygens (including phenoxy) is 1. The summed E-state index contributed by atoms with van der Waals surface area (Å²) < 4.78 is 5.31. The standard InChI is InChI=1S/C13H16O4S/c1-9(3-8-12(14)15)13(16)17-10-4-6-11(18-2)7-5-10/h3-9,13,16H,1-2H3,(H,14,15). The minimum atomic E-state index is -1.07. The molecule has 0 saturated carbocycles. The summed E-state index contributed by atoms with van der Waals surface area (Å²) in [5.41, 5.74) is 0. The number of carboxylic acids is 1. The second-order valence-corrected chi connectivity index (χ2v) is 4.62. The fourth-order valence-electron chi connectivity index (χ4n) is 1.23. The van der Waals surface area contributed by atoms with Gasteiger partial charge in [0, 0.05) is 16.9 Å². The van der Waals surface area contributed by atoms with Crippen LogP contribution in [0.4, 0.5) is 0 Å². The second-order valence-electron chi connectivity index (χ2n) is 3.74. The lowest BCUT2D eigenvalue weighted by molar-refractivity contribution is -0.131. The molecule has 18 heavy (non-hydrogen) atoms. The van der Waals surface area contributed by atoms with Gasteiger partial charge in [0.25, 0.3) is 0 Å². The van der Waals surface area contributed by atoms with Crippen LogP contribution in [0, 0.1) is 5.92 Å². The van der Waals surface area contributed by atoms with Crippen molar-refractivity contribution in [3.05, 3.63) is 36.4 Å². The quantitative estimate of drug-likeness (QED) is 0.471. The fourth-order valence-corrected chi connectivity index (χ4v) is 1.64. The van der Waals surface area contributed by atoms with E-state index in [9.17, 15) is 9.90 Å². The number of rotatable bonds is 6. The van der Waals surface area contributed by atoms with E-state index in [-0.39, 0.29) is 0 Å². The van der Waals surface area contributed by atoms with Gasteiger partial charge in [-0.2, -0.15) is 0 Å². The Hall–Kier alpha value is -1.46. The number of carbonyl (C=O) groups is 1. The van der Waals surface area contributed by atoms with E-state index in [1.807, 2.05) is 18.4 Å². The van der Waals surface area contributed by atoms with Crippen LogP contribution in [0.25, 0.3) is 0 Å². The van der Waals surface area contributed by atoms with Crippen LogP contribution in [0.15, 0.2) is 41.3 Å². The molecular weight excluding hydrogens is 252 g/mol. The number of thioether (sulfide) groups is 1. The van der Waals surface area contributed by atoms with Crippen molar-refractivity contribution in [1.82, 2.24) is 0 Å². The number of aliphatic hydroxyl groups excluding tert-OH is 1. The summed E-state index contributed by atoms with van der Waals surface area (Å²) in [7, 11) is 0. The van der Waals surface area contributed by atoms with Crippen molar-refractivity contribution in [2.45, 2.75) is 18.1 Å². The van der Waals surface area contributed by atoms with Gasteiger partial charge >= 0.3 is 5.97 Å². The molecule has 98 valence electrons. The number of aliphatic hydroxyl groups is 1. The summed E-state index contributed by atoms with van der Waals surface area (Å²) in [4.78, 5) is 11.5. The molecule has 1 aromatic rings. The highest BCUT2D eigenvalue weighted by Crippen LogP contribution is 2.20. The third kappa shape index (κ3) is 4.81. The Morgan fingerprint density at radius 2 is 2.00 bits per heavy atom. The van der Waals surface area contributed by atoms with Crippen molar-refractivity contribution in [2.75, 3.05) is 6.26 Å². The Kier molecular flexibility index (Phi) is 5.74. The molecule has 0 aliphatic heterocycles. The van der Waals surface area contributed by atoms with Crippen LogP contribution in [0.2, 0.25) is 0 Å². The Bertz CT molecular complexity index is 414. The normalized spacial score (nSPS) is 14.4. The third-order valence-corrected chi connectivity index (χ3v) is 3.05. The molecule has 0 saturated heterocycles. The smallest absolute Gasteiger partial charge is 0.327 e. The first kappa shape index (κ1) is 14.6. The average molecular weight is 268 g/mol. The molecule has 5 heteroatoms.